The van der Waals surface area contributed by atoms with Crippen LogP contribution >= 0.6 is 0 Å². The minimum Gasteiger partial charge on any atom is -0.550 e. The molecule has 0 aromatic carbocycles. The fourth-order valence-electron chi connectivity index (χ4n) is 1.93. The molecule has 0 radical (unpaired) electrons. The zero-order chi connectivity index (χ0) is 12.1. The van der Waals surface area contributed by atoms with E-state index in [1.54, 1.807) is 0 Å². The Bertz CT molecular complexity index is 166. The zero-order valence-corrected chi connectivity index (χ0v) is 20.7. The first kappa shape index (κ1) is 24.9. The van der Waals surface area contributed by atoms with E-state index in [9.17, 15) is 9.90 Å². The Labute approximate surface area is 173 Å². The summed E-state index contributed by atoms with van der Waals surface area (Å²) in [7, 11) is 0. The molecule has 0 N–H and O–H groups in total. The van der Waals surface area contributed by atoms with Gasteiger partial charge in [0, 0.05) is 5.97 Å². The van der Waals surface area contributed by atoms with Crippen molar-refractivity contribution < 1.29 is 37.2 Å². The molecule has 0 saturated heterocycles. The van der Waals surface area contributed by atoms with Crippen molar-refractivity contribution in [2.75, 3.05) is 0 Å². The van der Waals surface area contributed by atoms with Crippen LogP contribution in [0.2, 0.25) is 0 Å². The first-order valence-corrected chi connectivity index (χ1v) is 6.97. The number of hydrogen-bond acceptors (Lipinski definition) is 2. The van der Waals surface area contributed by atoms with Gasteiger partial charge in [0.15, 0.2) is 0 Å². The smallest absolute Gasteiger partial charge is 0.550 e. The summed E-state index contributed by atoms with van der Waals surface area (Å²) in [4.78, 5) is 10.1. The fraction of sp³-hybridized carbons (Fsp3) is 0.929. The predicted molar refractivity (Wildman–Crippen MR) is 71.8 cm³/mol. The van der Waals surface area contributed by atoms with Crippen LogP contribution < -0.4 is 5.11 Å². The summed E-state index contributed by atoms with van der Waals surface area (Å²) in [6, 6.07) is 0. The van der Waals surface area contributed by atoms with E-state index in [0.29, 0.717) is 0 Å². The maximum absolute atomic E-state index is 10.1. The first-order chi connectivity index (χ1) is 7.77. The first-order valence-electron chi connectivity index (χ1n) is 6.97. The Morgan fingerprint density at radius 2 is 1.11 bits per heavy atom. The molecule has 0 aromatic rings. The van der Waals surface area contributed by atoms with Gasteiger partial charge in [0.2, 0.25) is 0 Å². The molecule has 0 aliphatic carbocycles. The van der Waals surface area contributed by atoms with Crippen molar-refractivity contribution in [3.8, 4) is 0 Å². The van der Waals surface area contributed by atoms with E-state index in [1.165, 1.54) is 57.8 Å². The summed E-state index contributed by atoms with van der Waals surface area (Å²) in [6.07, 6.45) is 14.0. The van der Waals surface area contributed by atoms with Crippen molar-refractivity contribution in [3.63, 3.8) is 0 Å². The quantitative estimate of drug-likeness (QED) is 0.321. The van der Waals surface area contributed by atoms with Gasteiger partial charge in [0.1, 0.15) is 0 Å². The fourth-order valence-corrected chi connectivity index (χ4v) is 1.93. The van der Waals surface area contributed by atoms with Gasteiger partial charge in [-0.25, -0.2) is 0 Å². The number of carboxylic acid groups (broad SMARTS) is 1. The normalized spacial score (nSPS) is 9.39. The van der Waals surface area contributed by atoms with Gasteiger partial charge in [-0.1, -0.05) is 71.1 Å². The van der Waals surface area contributed by atoms with Crippen molar-refractivity contribution in [2.24, 2.45) is 0 Å². The van der Waals surface area contributed by atoms with Crippen LogP contribution in [0.4, 0.5) is 0 Å². The number of carbonyl (C=O) groups excluding carboxylic acids is 1. The Hall–Kier alpha value is 1.96. The minimum absolute atomic E-state index is 0. The predicted octanol–water partition coefficient (Wildman–Crippen LogP) is 3.05. The molecule has 0 atom stereocenters. The molecule has 2 nitrogen and oxygen atoms in total. The van der Waals surface area contributed by atoms with Gasteiger partial charge in [-0.15, -0.1) is 0 Å². The number of carbonyl (C=O) groups is 1. The van der Waals surface area contributed by atoms with E-state index in [0.717, 1.165) is 12.8 Å². The third-order valence-corrected chi connectivity index (χ3v) is 2.98. The molecule has 18 heavy (non-hydrogen) atoms. The molecule has 0 amide bonds. The van der Waals surface area contributed by atoms with Gasteiger partial charge >= 0.3 is 76.2 Å². The van der Waals surface area contributed by atoms with Crippen LogP contribution in [0.25, 0.3) is 0 Å². The molecule has 0 bridgehead atoms. The SMILES string of the molecule is CCCCCCCCCCCCCC(=O)[O-].[Ba+2].[Cd+2]. The maximum atomic E-state index is 10.1. The van der Waals surface area contributed by atoms with Gasteiger partial charge in [-0.05, 0) is 12.8 Å². The van der Waals surface area contributed by atoms with Crippen LogP contribution in [0.3, 0.4) is 0 Å². The van der Waals surface area contributed by atoms with E-state index in [4.69, 9.17) is 0 Å². The van der Waals surface area contributed by atoms with Gasteiger partial charge in [-0.2, -0.15) is 0 Å². The van der Waals surface area contributed by atoms with E-state index in [2.05, 4.69) is 6.92 Å². The van der Waals surface area contributed by atoms with Crippen molar-refractivity contribution in [1.29, 1.82) is 0 Å². The van der Waals surface area contributed by atoms with Crippen LogP contribution in [-0.2, 0) is 32.1 Å². The standard InChI is InChI=1S/C14H28O2.Ba.Cd/c1-2-3-4-5-6-7-8-9-10-11-12-13-14(15)16;;/h2-13H2,1H3,(H,15,16);;/q;2*+2/p-1. The number of aliphatic carboxylic acids is 1. The molecule has 0 aromatic heterocycles. The largest absolute Gasteiger partial charge is 2.00 e. The Morgan fingerprint density at radius 1 is 0.778 bits per heavy atom. The molecular formula is C14H27BaCdO2+3. The molecule has 96 valence electrons. The van der Waals surface area contributed by atoms with Gasteiger partial charge in [-0.3, -0.25) is 0 Å². The second-order valence-electron chi connectivity index (χ2n) is 4.66. The van der Waals surface area contributed by atoms with Crippen LogP contribution in [0.1, 0.15) is 84.0 Å². The molecular weight excluding hydrogens is 450 g/mol. The average Bonchev–Trinajstić information content (AvgIpc) is 2.25. The van der Waals surface area contributed by atoms with Crippen molar-refractivity contribution in [2.45, 2.75) is 84.0 Å². The Balaban J connectivity index is -0.00000112. The van der Waals surface area contributed by atoms with E-state index >= 15 is 0 Å². The van der Waals surface area contributed by atoms with Crippen LogP contribution in [0.5, 0.6) is 0 Å². The second-order valence-corrected chi connectivity index (χ2v) is 4.66. The third kappa shape index (κ3) is 23.1. The third-order valence-electron chi connectivity index (χ3n) is 2.98. The molecule has 0 saturated carbocycles. The summed E-state index contributed by atoms with van der Waals surface area (Å²) in [5, 5.41) is 10.1. The van der Waals surface area contributed by atoms with Crippen LogP contribution in [0.15, 0.2) is 0 Å². The number of carboxylic acids is 1. The summed E-state index contributed by atoms with van der Waals surface area (Å²) < 4.78 is 0. The molecule has 0 aliphatic rings. The number of rotatable bonds is 12. The van der Waals surface area contributed by atoms with Gasteiger partial charge in [0.25, 0.3) is 0 Å². The Kier molecular flexibility index (Phi) is 29.5. The van der Waals surface area contributed by atoms with Gasteiger partial charge in [0.05, 0.1) is 0 Å². The molecule has 0 unspecified atom stereocenters. The summed E-state index contributed by atoms with van der Waals surface area (Å²) in [6.45, 7) is 2.24. The number of hydrogen-bond donors (Lipinski definition) is 0. The molecule has 0 spiro atoms. The maximum Gasteiger partial charge on any atom is 2.00 e. The summed E-state index contributed by atoms with van der Waals surface area (Å²) >= 11 is 0. The Morgan fingerprint density at radius 3 is 1.44 bits per heavy atom. The van der Waals surface area contributed by atoms with Crippen LogP contribution in [0, 0.1) is 0 Å². The van der Waals surface area contributed by atoms with Crippen molar-refractivity contribution in [1.82, 2.24) is 0 Å². The average molecular weight is 477 g/mol. The minimum atomic E-state index is -0.907. The van der Waals surface area contributed by atoms with Gasteiger partial charge < -0.3 is 9.90 Å². The van der Waals surface area contributed by atoms with E-state index in [1.807, 2.05) is 0 Å². The monoisotopic (exact) mass is 479 g/mol. The topological polar surface area (TPSA) is 40.1 Å². The molecule has 0 aliphatic heterocycles. The summed E-state index contributed by atoms with van der Waals surface area (Å²) in [5.74, 6) is -0.907. The second kappa shape index (κ2) is 21.3. The molecule has 0 heterocycles. The molecule has 4 heteroatoms. The van der Waals surface area contributed by atoms with Crippen molar-refractivity contribution in [3.05, 3.63) is 0 Å². The summed E-state index contributed by atoms with van der Waals surface area (Å²) in [5.41, 5.74) is 0. The van der Waals surface area contributed by atoms with E-state index in [-0.39, 0.29) is 82.6 Å². The molecule has 0 rings (SSSR count). The molecule has 0 fully saturated rings. The zero-order valence-electron chi connectivity index (χ0n) is 12.2. The van der Waals surface area contributed by atoms with Crippen LogP contribution in [-0.4, -0.2) is 54.9 Å². The van der Waals surface area contributed by atoms with E-state index < -0.39 is 5.97 Å². The van der Waals surface area contributed by atoms with Crippen molar-refractivity contribution >= 4 is 54.9 Å². The number of unbranched alkanes of at least 4 members (excludes halogenated alkanes) is 10.